The number of rotatable bonds is 9. The lowest BCUT2D eigenvalue weighted by Gasteiger charge is -2.13. The fraction of sp³-hybridized carbons (Fsp3) is 0.235. The number of ether oxygens (including phenoxy) is 3. The van der Waals surface area contributed by atoms with Crippen molar-refractivity contribution in [3.63, 3.8) is 0 Å². The van der Waals surface area contributed by atoms with Crippen LogP contribution in [0, 0.1) is 0 Å². The third-order valence-corrected chi connectivity index (χ3v) is 4.81. The Morgan fingerprint density at radius 3 is 2.31 bits per heavy atom. The molecule has 0 bridgehead atoms. The first-order valence-electron chi connectivity index (χ1n) is 7.60. The lowest BCUT2D eigenvalue weighted by molar-refractivity contribution is 0.1000. The summed E-state index contributed by atoms with van der Waals surface area (Å²) >= 11 is 0. The zero-order chi connectivity index (χ0) is 19.2. The summed E-state index contributed by atoms with van der Waals surface area (Å²) < 4.78 is 43.1. The molecule has 2 aromatic carbocycles. The number of methoxy groups -OCH3 is 2. The van der Waals surface area contributed by atoms with Gasteiger partial charge in [-0.3, -0.25) is 9.52 Å². The second-order valence-electron chi connectivity index (χ2n) is 5.20. The smallest absolute Gasteiger partial charge is 0.261 e. The number of anilines is 1. The summed E-state index contributed by atoms with van der Waals surface area (Å²) in [7, 11) is -0.801. The molecule has 0 fully saturated rings. The van der Waals surface area contributed by atoms with Gasteiger partial charge in [0.2, 0.25) is 5.91 Å². The normalized spacial score (nSPS) is 11.0. The molecule has 2 rings (SSSR count). The molecule has 0 heterocycles. The van der Waals surface area contributed by atoms with E-state index in [0.717, 1.165) is 0 Å². The highest BCUT2D eigenvalue weighted by Crippen LogP contribution is 2.31. The predicted octanol–water partition coefficient (Wildman–Crippen LogP) is 1.62. The maximum Gasteiger partial charge on any atom is 0.261 e. The summed E-state index contributed by atoms with van der Waals surface area (Å²) in [5.74, 6) is 0.221. The monoisotopic (exact) mass is 380 g/mol. The van der Waals surface area contributed by atoms with Crippen LogP contribution in [-0.2, 0) is 14.8 Å². The van der Waals surface area contributed by atoms with E-state index >= 15 is 0 Å². The molecule has 1 amide bonds. The van der Waals surface area contributed by atoms with Gasteiger partial charge < -0.3 is 19.9 Å². The van der Waals surface area contributed by atoms with Gasteiger partial charge in [-0.25, -0.2) is 8.42 Å². The molecule has 0 aliphatic carbocycles. The Morgan fingerprint density at radius 1 is 1.04 bits per heavy atom. The molecule has 0 unspecified atom stereocenters. The number of hydrogen-bond donors (Lipinski definition) is 2. The molecule has 0 atom stereocenters. The lowest BCUT2D eigenvalue weighted by Crippen LogP contribution is -2.15. The van der Waals surface area contributed by atoms with Gasteiger partial charge in [-0.2, -0.15) is 0 Å². The highest BCUT2D eigenvalue weighted by atomic mass is 32.2. The quantitative estimate of drug-likeness (QED) is 0.639. The molecule has 0 aliphatic heterocycles. The van der Waals surface area contributed by atoms with Crippen molar-refractivity contribution >= 4 is 21.6 Å². The van der Waals surface area contributed by atoms with E-state index in [1.807, 2.05) is 0 Å². The average molecular weight is 380 g/mol. The van der Waals surface area contributed by atoms with Crippen LogP contribution in [0.25, 0.3) is 0 Å². The second-order valence-corrected chi connectivity index (χ2v) is 6.88. The predicted molar refractivity (Wildman–Crippen MR) is 96.1 cm³/mol. The van der Waals surface area contributed by atoms with Crippen molar-refractivity contribution in [3.8, 4) is 11.5 Å². The van der Waals surface area contributed by atoms with Crippen molar-refractivity contribution in [2.24, 2.45) is 5.73 Å². The van der Waals surface area contributed by atoms with Crippen molar-refractivity contribution in [3.05, 3.63) is 48.0 Å². The molecule has 9 heteroatoms. The number of carbonyl (C=O) groups excluding carboxylic acids is 1. The fourth-order valence-corrected chi connectivity index (χ4v) is 3.15. The Kier molecular flexibility index (Phi) is 6.42. The molecule has 8 nitrogen and oxygen atoms in total. The summed E-state index contributed by atoms with van der Waals surface area (Å²) in [5, 5.41) is 0. The topological polar surface area (TPSA) is 117 Å². The van der Waals surface area contributed by atoms with Crippen molar-refractivity contribution < 1.29 is 27.4 Å². The summed E-state index contributed by atoms with van der Waals surface area (Å²) in [6, 6.07) is 9.98. The van der Waals surface area contributed by atoms with Crippen LogP contribution in [0.15, 0.2) is 47.4 Å². The van der Waals surface area contributed by atoms with Crippen LogP contribution < -0.4 is 19.9 Å². The van der Waals surface area contributed by atoms with E-state index in [4.69, 9.17) is 19.9 Å². The Morgan fingerprint density at radius 2 is 1.73 bits per heavy atom. The van der Waals surface area contributed by atoms with Gasteiger partial charge in [-0.1, -0.05) is 0 Å². The summed E-state index contributed by atoms with van der Waals surface area (Å²) in [4.78, 5) is 11.1. The highest BCUT2D eigenvalue weighted by Gasteiger charge is 2.16. The molecule has 26 heavy (non-hydrogen) atoms. The van der Waals surface area contributed by atoms with Crippen LogP contribution in [0.2, 0.25) is 0 Å². The van der Waals surface area contributed by atoms with Crippen molar-refractivity contribution in [1.82, 2.24) is 0 Å². The molecule has 0 aromatic heterocycles. The Labute approximate surface area is 151 Å². The van der Waals surface area contributed by atoms with Crippen LogP contribution in [0.3, 0.4) is 0 Å². The number of carbonyl (C=O) groups is 1. The van der Waals surface area contributed by atoms with Gasteiger partial charge in [0.1, 0.15) is 6.61 Å². The van der Waals surface area contributed by atoms with Gasteiger partial charge in [0.25, 0.3) is 10.0 Å². The van der Waals surface area contributed by atoms with Gasteiger partial charge in [0.15, 0.2) is 11.5 Å². The Bertz CT molecular complexity index is 865. The number of benzene rings is 2. The van der Waals surface area contributed by atoms with E-state index in [0.29, 0.717) is 23.8 Å². The molecule has 0 saturated carbocycles. The van der Waals surface area contributed by atoms with E-state index < -0.39 is 15.9 Å². The minimum atomic E-state index is -3.84. The first kappa shape index (κ1) is 19.5. The molecule has 140 valence electrons. The summed E-state index contributed by atoms with van der Waals surface area (Å²) in [6.07, 6.45) is 0. The van der Waals surface area contributed by atoms with E-state index in [-0.39, 0.29) is 17.1 Å². The second kappa shape index (κ2) is 8.54. The number of primary amides is 1. The average Bonchev–Trinajstić information content (AvgIpc) is 2.62. The highest BCUT2D eigenvalue weighted by molar-refractivity contribution is 7.92. The largest absolute Gasteiger partial charge is 0.493 e. The first-order chi connectivity index (χ1) is 12.4. The van der Waals surface area contributed by atoms with Gasteiger partial charge in [0.05, 0.1) is 24.3 Å². The van der Waals surface area contributed by atoms with Crippen molar-refractivity contribution in [2.75, 3.05) is 32.2 Å². The molecule has 0 radical (unpaired) electrons. The van der Waals surface area contributed by atoms with Crippen LogP contribution in [0.4, 0.5) is 5.69 Å². The fourth-order valence-electron chi connectivity index (χ4n) is 2.10. The number of amides is 1. The van der Waals surface area contributed by atoms with Crippen molar-refractivity contribution in [2.45, 2.75) is 4.90 Å². The zero-order valence-corrected chi connectivity index (χ0v) is 15.2. The molecule has 0 saturated heterocycles. The third-order valence-electron chi connectivity index (χ3n) is 3.41. The van der Waals surface area contributed by atoms with Gasteiger partial charge >= 0.3 is 0 Å². The van der Waals surface area contributed by atoms with Crippen molar-refractivity contribution in [1.29, 1.82) is 0 Å². The minimum absolute atomic E-state index is 0.000157. The molecule has 0 spiro atoms. The molecular formula is C17H20N2O6S. The third kappa shape index (κ3) is 4.87. The van der Waals surface area contributed by atoms with Gasteiger partial charge in [-0.15, -0.1) is 0 Å². The van der Waals surface area contributed by atoms with Crippen LogP contribution >= 0.6 is 0 Å². The maximum absolute atomic E-state index is 12.5. The van der Waals surface area contributed by atoms with Gasteiger partial charge in [0, 0.05) is 18.7 Å². The van der Waals surface area contributed by atoms with Gasteiger partial charge in [-0.05, 0) is 36.4 Å². The number of nitrogens with two attached hydrogens (primary N) is 1. The standard InChI is InChI=1S/C17H20N2O6S/c1-23-9-10-25-16-11-13(5-8-15(16)24-2)19-26(21,22)14-6-3-12(4-7-14)17(18)20/h3-8,11,19H,9-10H2,1-2H3,(H2,18,20). The molecule has 0 aliphatic rings. The number of hydrogen-bond acceptors (Lipinski definition) is 6. The first-order valence-corrected chi connectivity index (χ1v) is 9.08. The SMILES string of the molecule is COCCOc1cc(NS(=O)(=O)c2ccc(C(N)=O)cc2)ccc1OC. The minimum Gasteiger partial charge on any atom is -0.493 e. The van der Waals surface area contributed by atoms with E-state index in [1.54, 1.807) is 19.2 Å². The molecule has 2 aromatic rings. The van der Waals surface area contributed by atoms with E-state index in [9.17, 15) is 13.2 Å². The lowest BCUT2D eigenvalue weighted by atomic mass is 10.2. The number of sulfonamides is 1. The zero-order valence-electron chi connectivity index (χ0n) is 14.4. The number of nitrogens with one attached hydrogen (secondary N) is 1. The van der Waals surface area contributed by atoms with E-state index in [2.05, 4.69) is 4.72 Å². The maximum atomic E-state index is 12.5. The Balaban J connectivity index is 2.22. The molecule has 3 N–H and O–H groups in total. The summed E-state index contributed by atoms with van der Waals surface area (Å²) in [5.41, 5.74) is 5.68. The summed E-state index contributed by atoms with van der Waals surface area (Å²) in [6.45, 7) is 0.670. The van der Waals surface area contributed by atoms with Crippen LogP contribution in [-0.4, -0.2) is 41.8 Å². The van der Waals surface area contributed by atoms with Crippen LogP contribution in [0.1, 0.15) is 10.4 Å². The molecular weight excluding hydrogens is 360 g/mol. The van der Waals surface area contributed by atoms with Crippen LogP contribution in [0.5, 0.6) is 11.5 Å². The van der Waals surface area contributed by atoms with E-state index in [1.165, 1.54) is 37.4 Å². The Hall–Kier alpha value is -2.78.